The highest BCUT2D eigenvalue weighted by Gasteiger charge is 1.91. The van der Waals surface area contributed by atoms with E-state index in [4.69, 9.17) is 5.41 Å². The molecule has 0 spiro atoms. The lowest BCUT2D eigenvalue weighted by Crippen LogP contribution is -1.91. The molecule has 1 N–H and O–H groups in total. The Morgan fingerprint density at radius 2 is 1.20 bits per heavy atom. The molecule has 0 aliphatic rings. The van der Waals surface area contributed by atoms with Gasteiger partial charge in [-0.25, -0.2) is 0 Å². The molecule has 0 radical (unpaired) electrons. The van der Waals surface area contributed by atoms with Gasteiger partial charge >= 0.3 is 0 Å². The van der Waals surface area contributed by atoms with Gasteiger partial charge in [0.05, 0.1) is 0 Å². The van der Waals surface area contributed by atoms with Gasteiger partial charge in [0.1, 0.15) is 0 Å². The number of hydrogen-bond acceptors (Lipinski definition) is 1. The van der Waals surface area contributed by atoms with Crippen molar-refractivity contribution in [1.29, 1.82) is 5.41 Å². The third-order valence-corrected chi connectivity index (χ3v) is 1.31. The van der Waals surface area contributed by atoms with E-state index in [2.05, 4.69) is 0 Å². The second-order valence-electron chi connectivity index (χ2n) is 2.25. The fourth-order valence-electron chi connectivity index (χ4n) is 0.375. The molecule has 0 aromatic rings. The minimum Gasteiger partial charge on any atom is -0.305 e. The van der Waals surface area contributed by atoms with Gasteiger partial charge in [0, 0.05) is 5.71 Å². The van der Waals surface area contributed by atoms with Gasteiger partial charge in [0.15, 0.2) is 0 Å². The van der Waals surface area contributed by atoms with Crippen LogP contribution in [0.3, 0.4) is 0 Å². The number of nitrogens with one attached hydrogen (secondary N) is 1. The van der Waals surface area contributed by atoms with Gasteiger partial charge in [-0.15, -0.1) is 0 Å². The Morgan fingerprint density at radius 3 is 1.20 bits per heavy atom. The van der Waals surface area contributed by atoms with Crippen molar-refractivity contribution in [2.75, 3.05) is 0 Å². The van der Waals surface area contributed by atoms with Crippen LogP contribution in [0.4, 0.5) is 0 Å². The van der Waals surface area contributed by atoms with Crippen LogP contribution in [0.5, 0.6) is 0 Å². The first-order valence-corrected chi connectivity index (χ1v) is 3.75. The van der Waals surface area contributed by atoms with E-state index in [0.29, 0.717) is 5.71 Å². The normalized spacial score (nSPS) is 7.40. The molecule has 0 fully saturated rings. The van der Waals surface area contributed by atoms with E-state index in [1.807, 2.05) is 41.5 Å². The summed E-state index contributed by atoms with van der Waals surface area (Å²) in [6, 6.07) is 0. The lowest BCUT2D eigenvalue weighted by molar-refractivity contribution is 1.29. The third kappa shape index (κ3) is 5.54. The zero-order valence-corrected chi connectivity index (χ0v) is 8.00. The van der Waals surface area contributed by atoms with Crippen LogP contribution in [0.2, 0.25) is 0 Å². The number of hydrogen-bond donors (Lipinski definition) is 1. The maximum Gasteiger partial charge on any atom is 0.0311 e. The minimum absolute atomic E-state index is 0.671. The van der Waals surface area contributed by atoms with E-state index < -0.39 is 0 Å². The molecule has 10 heavy (non-hydrogen) atoms. The molecule has 0 atom stereocenters. The van der Waals surface area contributed by atoms with Crippen molar-refractivity contribution in [3.8, 4) is 0 Å². The van der Waals surface area contributed by atoms with Crippen molar-refractivity contribution in [3.05, 3.63) is 11.1 Å². The van der Waals surface area contributed by atoms with E-state index in [1.165, 1.54) is 5.57 Å². The zero-order chi connectivity index (χ0) is 8.73. The molecule has 1 nitrogen and oxygen atoms in total. The molecular weight excluding hydrogens is 122 g/mol. The minimum atomic E-state index is 0.671. The highest BCUT2D eigenvalue weighted by molar-refractivity contribution is 5.95. The molecule has 0 saturated heterocycles. The van der Waals surface area contributed by atoms with Crippen molar-refractivity contribution in [3.63, 3.8) is 0 Å². The van der Waals surface area contributed by atoms with Gasteiger partial charge in [-0.3, -0.25) is 0 Å². The third-order valence-electron chi connectivity index (χ3n) is 1.31. The lowest BCUT2D eigenvalue weighted by atomic mass is 10.1. The Labute approximate surface area is 64.7 Å². The summed E-state index contributed by atoms with van der Waals surface area (Å²) >= 11 is 0. The van der Waals surface area contributed by atoms with E-state index in [-0.39, 0.29) is 0 Å². The summed E-state index contributed by atoms with van der Waals surface area (Å²) in [6.45, 7) is 11.8. The summed E-state index contributed by atoms with van der Waals surface area (Å²) in [5.41, 5.74) is 3.01. The lowest BCUT2D eigenvalue weighted by Gasteiger charge is -1.97. The van der Waals surface area contributed by atoms with Crippen molar-refractivity contribution in [2.45, 2.75) is 41.5 Å². The van der Waals surface area contributed by atoms with E-state index in [0.717, 1.165) is 5.57 Å². The number of allylic oxidation sites excluding steroid dienone is 2. The number of rotatable bonds is 1. The highest BCUT2D eigenvalue weighted by Crippen LogP contribution is 2.01. The van der Waals surface area contributed by atoms with Crippen molar-refractivity contribution in [1.82, 2.24) is 0 Å². The predicted molar refractivity (Wildman–Crippen MR) is 48.8 cm³/mol. The smallest absolute Gasteiger partial charge is 0.0311 e. The monoisotopic (exact) mass is 141 g/mol. The van der Waals surface area contributed by atoms with E-state index in [1.54, 1.807) is 0 Å². The maximum atomic E-state index is 7.17. The Kier molecular flexibility index (Phi) is 7.91. The molecule has 0 aromatic heterocycles. The quantitative estimate of drug-likeness (QED) is 0.541. The summed E-state index contributed by atoms with van der Waals surface area (Å²) in [5.74, 6) is 0. The van der Waals surface area contributed by atoms with Crippen LogP contribution in [0.1, 0.15) is 41.5 Å². The summed E-state index contributed by atoms with van der Waals surface area (Å²) in [4.78, 5) is 0. The zero-order valence-electron chi connectivity index (χ0n) is 8.00. The highest BCUT2D eigenvalue weighted by atomic mass is 14.4. The Balaban J connectivity index is 0. The van der Waals surface area contributed by atoms with E-state index >= 15 is 0 Å². The van der Waals surface area contributed by atoms with Crippen LogP contribution in [-0.4, -0.2) is 5.71 Å². The summed E-state index contributed by atoms with van der Waals surface area (Å²) in [6.07, 6.45) is 0. The molecule has 1 heteroatoms. The molecule has 0 bridgehead atoms. The average molecular weight is 141 g/mol. The van der Waals surface area contributed by atoms with Crippen LogP contribution in [0, 0.1) is 5.41 Å². The first-order chi connectivity index (χ1) is 4.55. The van der Waals surface area contributed by atoms with Crippen molar-refractivity contribution in [2.24, 2.45) is 0 Å². The van der Waals surface area contributed by atoms with Gasteiger partial charge in [0.2, 0.25) is 0 Å². The van der Waals surface area contributed by atoms with Gasteiger partial charge in [0.25, 0.3) is 0 Å². The van der Waals surface area contributed by atoms with E-state index in [9.17, 15) is 0 Å². The molecule has 60 valence electrons. The molecule has 0 unspecified atom stereocenters. The first-order valence-electron chi connectivity index (χ1n) is 3.75. The maximum absolute atomic E-state index is 7.17. The second-order valence-corrected chi connectivity index (χ2v) is 2.25. The largest absolute Gasteiger partial charge is 0.305 e. The molecule has 0 saturated carbocycles. The molecule has 0 amide bonds. The Morgan fingerprint density at radius 1 is 0.900 bits per heavy atom. The predicted octanol–water partition coefficient (Wildman–Crippen LogP) is 3.41. The summed E-state index contributed by atoms with van der Waals surface area (Å²) in [7, 11) is 0. The molecule has 0 aliphatic heterocycles. The van der Waals surface area contributed by atoms with Gasteiger partial charge in [-0.2, -0.15) is 0 Å². The van der Waals surface area contributed by atoms with Gasteiger partial charge in [-0.05, 0) is 33.3 Å². The standard InChI is InChI=1S/C7H13N.C2H6/c1-5(2)6(3)7(4)8;1-2/h8H,1-4H3;1-2H3. The summed E-state index contributed by atoms with van der Waals surface area (Å²) < 4.78 is 0. The van der Waals surface area contributed by atoms with Crippen LogP contribution in [0.25, 0.3) is 0 Å². The van der Waals surface area contributed by atoms with Crippen molar-refractivity contribution < 1.29 is 0 Å². The second kappa shape index (κ2) is 6.53. The first kappa shape index (κ1) is 12.1. The SMILES string of the molecule is CC.CC(=N)C(C)=C(C)C. The van der Waals surface area contributed by atoms with Crippen molar-refractivity contribution >= 4 is 5.71 Å². The van der Waals surface area contributed by atoms with Crippen LogP contribution >= 0.6 is 0 Å². The molecular formula is C9H19N. The molecule has 0 aliphatic carbocycles. The average Bonchev–Trinajstić information content (AvgIpc) is 1.90. The van der Waals surface area contributed by atoms with Gasteiger partial charge < -0.3 is 5.41 Å². The molecule has 0 aromatic carbocycles. The van der Waals surface area contributed by atoms with Crippen LogP contribution < -0.4 is 0 Å². The van der Waals surface area contributed by atoms with Crippen LogP contribution in [-0.2, 0) is 0 Å². The van der Waals surface area contributed by atoms with Crippen LogP contribution in [0.15, 0.2) is 11.1 Å². The Hall–Kier alpha value is -0.590. The summed E-state index contributed by atoms with van der Waals surface area (Å²) in [5, 5.41) is 7.17. The topological polar surface area (TPSA) is 23.9 Å². The Bertz CT molecular complexity index is 128. The molecule has 0 heterocycles. The van der Waals surface area contributed by atoms with Gasteiger partial charge in [-0.1, -0.05) is 19.4 Å². The molecule has 0 rings (SSSR count). The fraction of sp³-hybridized carbons (Fsp3) is 0.667. The fourth-order valence-corrected chi connectivity index (χ4v) is 0.375.